The van der Waals surface area contributed by atoms with Crippen LogP contribution in [-0.4, -0.2) is 21.5 Å². The molecule has 90 valence electrons. The van der Waals surface area contributed by atoms with Crippen LogP contribution in [0.2, 0.25) is 5.28 Å². The smallest absolute Gasteiger partial charge is 0.251 e. The molecule has 0 fully saturated rings. The van der Waals surface area contributed by atoms with Gasteiger partial charge in [0, 0.05) is 18.7 Å². The lowest BCUT2D eigenvalue weighted by Gasteiger charge is -2.08. The van der Waals surface area contributed by atoms with Gasteiger partial charge in [0.2, 0.25) is 5.28 Å². The Hall–Kier alpha value is -1.55. The molecule has 0 aliphatic carbocycles. The standard InChI is InChI=1S/C12H14ClN3O/c1-7(2)14-11(17)8-4-5-10-9(6-8)15-12(13)16(10)3/h4-7H,1-3H3,(H,14,17). The lowest BCUT2D eigenvalue weighted by molar-refractivity contribution is 0.0943. The van der Waals surface area contributed by atoms with Crippen molar-refractivity contribution in [2.45, 2.75) is 19.9 Å². The van der Waals surface area contributed by atoms with Crippen molar-refractivity contribution in [3.8, 4) is 0 Å². The van der Waals surface area contributed by atoms with Crippen molar-refractivity contribution in [2.24, 2.45) is 7.05 Å². The highest BCUT2D eigenvalue weighted by atomic mass is 35.5. The molecule has 2 aromatic rings. The lowest BCUT2D eigenvalue weighted by Crippen LogP contribution is -2.29. The minimum absolute atomic E-state index is 0.0938. The Morgan fingerprint density at radius 2 is 2.18 bits per heavy atom. The van der Waals surface area contributed by atoms with Gasteiger partial charge in [0.1, 0.15) is 0 Å². The summed E-state index contributed by atoms with van der Waals surface area (Å²) in [5.41, 5.74) is 2.24. The first-order valence-corrected chi connectivity index (χ1v) is 5.79. The minimum Gasteiger partial charge on any atom is -0.350 e. The van der Waals surface area contributed by atoms with Crippen LogP contribution in [0.1, 0.15) is 24.2 Å². The number of nitrogens with zero attached hydrogens (tertiary/aromatic N) is 2. The fourth-order valence-corrected chi connectivity index (χ4v) is 1.84. The van der Waals surface area contributed by atoms with E-state index in [0.717, 1.165) is 11.0 Å². The number of aryl methyl sites for hydroxylation is 1. The average Bonchev–Trinajstić information content (AvgIpc) is 2.53. The third-order valence-electron chi connectivity index (χ3n) is 2.51. The van der Waals surface area contributed by atoms with E-state index in [9.17, 15) is 4.79 Å². The highest BCUT2D eigenvalue weighted by Gasteiger charge is 2.11. The fourth-order valence-electron chi connectivity index (χ4n) is 1.66. The fraction of sp³-hybridized carbons (Fsp3) is 0.333. The average molecular weight is 252 g/mol. The minimum atomic E-state index is -0.0938. The zero-order chi connectivity index (χ0) is 12.6. The van der Waals surface area contributed by atoms with Gasteiger partial charge in [-0.25, -0.2) is 4.98 Å². The Kier molecular flexibility index (Phi) is 3.07. The van der Waals surface area contributed by atoms with Crippen LogP contribution in [0.4, 0.5) is 0 Å². The summed E-state index contributed by atoms with van der Waals surface area (Å²) in [7, 11) is 1.84. The molecule has 1 aromatic carbocycles. The Balaban J connectivity index is 2.41. The summed E-state index contributed by atoms with van der Waals surface area (Å²) < 4.78 is 1.78. The van der Waals surface area contributed by atoms with Gasteiger partial charge in [-0.05, 0) is 43.6 Å². The van der Waals surface area contributed by atoms with E-state index in [2.05, 4.69) is 10.3 Å². The summed E-state index contributed by atoms with van der Waals surface area (Å²) in [6, 6.07) is 5.49. The molecule has 0 aliphatic rings. The summed E-state index contributed by atoms with van der Waals surface area (Å²) in [6.07, 6.45) is 0. The lowest BCUT2D eigenvalue weighted by atomic mass is 10.2. The molecule has 4 nitrogen and oxygen atoms in total. The number of rotatable bonds is 2. The number of hydrogen-bond donors (Lipinski definition) is 1. The number of hydrogen-bond acceptors (Lipinski definition) is 2. The molecule has 0 saturated heterocycles. The summed E-state index contributed by atoms with van der Waals surface area (Å²) in [6.45, 7) is 3.85. The molecule has 0 unspecified atom stereocenters. The normalized spacial score (nSPS) is 11.1. The molecule has 0 saturated carbocycles. The first-order valence-electron chi connectivity index (χ1n) is 5.42. The predicted molar refractivity (Wildman–Crippen MR) is 68.3 cm³/mol. The van der Waals surface area contributed by atoms with Crippen molar-refractivity contribution < 1.29 is 4.79 Å². The number of aromatic nitrogens is 2. The van der Waals surface area contributed by atoms with Gasteiger partial charge < -0.3 is 9.88 Å². The molecule has 0 spiro atoms. The van der Waals surface area contributed by atoms with E-state index >= 15 is 0 Å². The molecule has 2 rings (SSSR count). The van der Waals surface area contributed by atoms with Gasteiger partial charge in [-0.2, -0.15) is 0 Å². The SMILES string of the molecule is CC(C)NC(=O)c1ccc2c(c1)nc(Cl)n2C. The predicted octanol–water partition coefficient (Wildman–Crippen LogP) is 2.36. The van der Waals surface area contributed by atoms with Gasteiger partial charge in [-0.1, -0.05) is 0 Å². The van der Waals surface area contributed by atoms with E-state index < -0.39 is 0 Å². The number of carbonyl (C=O) groups is 1. The molecule has 1 heterocycles. The summed E-state index contributed by atoms with van der Waals surface area (Å²) >= 11 is 5.92. The maximum Gasteiger partial charge on any atom is 0.251 e. The second-order valence-electron chi connectivity index (χ2n) is 4.27. The molecule has 1 N–H and O–H groups in total. The molecule has 5 heteroatoms. The highest BCUT2D eigenvalue weighted by molar-refractivity contribution is 6.29. The number of amides is 1. The van der Waals surface area contributed by atoms with Gasteiger partial charge in [0.15, 0.2) is 0 Å². The molecule has 1 aromatic heterocycles. The zero-order valence-electron chi connectivity index (χ0n) is 9.99. The van der Waals surface area contributed by atoms with Crippen LogP contribution in [0.25, 0.3) is 11.0 Å². The molecule has 17 heavy (non-hydrogen) atoms. The van der Waals surface area contributed by atoms with Crippen molar-refractivity contribution in [1.29, 1.82) is 0 Å². The molecule has 0 bridgehead atoms. The van der Waals surface area contributed by atoms with Gasteiger partial charge >= 0.3 is 0 Å². The third-order valence-corrected chi connectivity index (χ3v) is 2.85. The number of carbonyl (C=O) groups excluding carboxylic acids is 1. The van der Waals surface area contributed by atoms with E-state index in [4.69, 9.17) is 11.6 Å². The van der Waals surface area contributed by atoms with Crippen LogP contribution in [0.15, 0.2) is 18.2 Å². The van der Waals surface area contributed by atoms with Gasteiger partial charge in [-0.3, -0.25) is 4.79 Å². The van der Waals surface area contributed by atoms with E-state index in [-0.39, 0.29) is 11.9 Å². The molecule has 0 atom stereocenters. The zero-order valence-corrected chi connectivity index (χ0v) is 10.7. The van der Waals surface area contributed by atoms with Crippen LogP contribution < -0.4 is 5.32 Å². The summed E-state index contributed by atoms with van der Waals surface area (Å²) in [5, 5.41) is 3.26. The van der Waals surface area contributed by atoms with Crippen LogP contribution in [0.5, 0.6) is 0 Å². The van der Waals surface area contributed by atoms with Crippen LogP contribution in [0.3, 0.4) is 0 Å². The van der Waals surface area contributed by atoms with Gasteiger partial charge in [0.05, 0.1) is 11.0 Å². The molecular formula is C12H14ClN3O. The largest absolute Gasteiger partial charge is 0.350 e. The second kappa shape index (κ2) is 4.37. The third kappa shape index (κ3) is 2.26. The van der Waals surface area contributed by atoms with Crippen LogP contribution in [0, 0.1) is 0 Å². The number of imidazole rings is 1. The highest BCUT2D eigenvalue weighted by Crippen LogP contribution is 2.19. The molecule has 0 aliphatic heterocycles. The first kappa shape index (κ1) is 11.9. The Labute approximate surface area is 105 Å². The maximum atomic E-state index is 11.8. The van der Waals surface area contributed by atoms with Crippen LogP contribution >= 0.6 is 11.6 Å². The van der Waals surface area contributed by atoms with Crippen molar-refractivity contribution in [3.05, 3.63) is 29.0 Å². The summed E-state index contributed by atoms with van der Waals surface area (Å²) in [5.74, 6) is -0.0938. The topological polar surface area (TPSA) is 46.9 Å². The van der Waals surface area contributed by atoms with Crippen molar-refractivity contribution in [1.82, 2.24) is 14.9 Å². The van der Waals surface area contributed by atoms with E-state index in [1.54, 1.807) is 16.7 Å². The number of nitrogens with one attached hydrogen (secondary N) is 1. The number of halogens is 1. The number of fused-ring (bicyclic) bond motifs is 1. The second-order valence-corrected chi connectivity index (χ2v) is 4.61. The van der Waals surface area contributed by atoms with Gasteiger partial charge in [0.25, 0.3) is 5.91 Å². The molecule has 1 amide bonds. The Bertz CT molecular complexity index is 574. The van der Waals surface area contributed by atoms with Crippen molar-refractivity contribution >= 4 is 28.5 Å². The van der Waals surface area contributed by atoms with Crippen LogP contribution in [-0.2, 0) is 7.05 Å². The monoisotopic (exact) mass is 251 g/mol. The summed E-state index contributed by atoms with van der Waals surface area (Å²) in [4.78, 5) is 16.0. The molecule has 0 radical (unpaired) electrons. The van der Waals surface area contributed by atoms with E-state index in [1.165, 1.54) is 0 Å². The molecular weight excluding hydrogens is 238 g/mol. The van der Waals surface area contributed by atoms with E-state index in [1.807, 2.05) is 27.0 Å². The Morgan fingerprint density at radius 3 is 2.82 bits per heavy atom. The quantitative estimate of drug-likeness (QED) is 0.891. The Morgan fingerprint density at radius 1 is 1.47 bits per heavy atom. The number of benzene rings is 1. The van der Waals surface area contributed by atoms with Gasteiger partial charge in [-0.15, -0.1) is 0 Å². The van der Waals surface area contributed by atoms with E-state index in [0.29, 0.717) is 10.8 Å². The maximum absolute atomic E-state index is 11.8. The van der Waals surface area contributed by atoms with Crippen molar-refractivity contribution in [2.75, 3.05) is 0 Å². The van der Waals surface area contributed by atoms with Crippen molar-refractivity contribution in [3.63, 3.8) is 0 Å². The first-order chi connectivity index (χ1) is 7.99.